The van der Waals surface area contributed by atoms with Crippen molar-refractivity contribution in [3.63, 3.8) is 0 Å². The van der Waals surface area contributed by atoms with Gasteiger partial charge in [-0.2, -0.15) is 0 Å². The summed E-state index contributed by atoms with van der Waals surface area (Å²) in [5.74, 6) is -1.81. The average molecular weight is 814 g/mol. The second kappa shape index (κ2) is 40.8. The molecule has 8 heteroatoms. The summed E-state index contributed by atoms with van der Waals surface area (Å²) in [6, 6.07) is -0.736. The van der Waals surface area contributed by atoms with Crippen LogP contribution >= 0.6 is 0 Å². The first-order chi connectivity index (χ1) is 28.1. The molecule has 0 rings (SSSR count). The van der Waals surface area contributed by atoms with E-state index in [0.717, 1.165) is 57.8 Å². The molecule has 8 nitrogen and oxygen atoms in total. The van der Waals surface area contributed by atoms with Gasteiger partial charge in [0, 0.05) is 19.3 Å². The molecule has 2 unspecified atom stereocenters. The molecule has 0 aromatic heterocycles. The van der Waals surface area contributed by atoms with E-state index in [1.54, 1.807) is 21.1 Å². The number of carbonyl (C=O) groups excluding carboxylic acids is 3. The van der Waals surface area contributed by atoms with E-state index in [1.165, 1.54) is 89.9 Å². The summed E-state index contributed by atoms with van der Waals surface area (Å²) in [7, 11) is 5.39. The number of esters is 2. The Hall–Kier alpha value is -2.97. The summed E-state index contributed by atoms with van der Waals surface area (Å²) < 4.78 is 17.1. The molecule has 0 heterocycles. The summed E-state index contributed by atoms with van der Waals surface area (Å²) in [6.45, 7) is 4.57. The van der Waals surface area contributed by atoms with Gasteiger partial charge in [-0.3, -0.25) is 9.59 Å². The molecule has 0 aromatic carbocycles. The molecule has 0 spiro atoms. The number of hydrogen-bond donors (Lipinski definition) is 0. The molecular formula is C50H87NO7. The third-order valence-electron chi connectivity index (χ3n) is 10.1. The zero-order valence-electron chi connectivity index (χ0n) is 37.9. The Bertz CT molecular complexity index is 1130. The number of carboxylic acid groups (broad SMARTS) is 1. The Balaban J connectivity index is 4.42. The number of carbonyl (C=O) groups is 3. The molecule has 0 amide bonds. The van der Waals surface area contributed by atoms with Crippen LogP contribution in [0.5, 0.6) is 0 Å². The van der Waals surface area contributed by atoms with Crippen LogP contribution in [0.15, 0.2) is 60.8 Å². The van der Waals surface area contributed by atoms with Gasteiger partial charge in [-0.25, -0.2) is 0 Å². The number of hydrogen-bond acceptors (Lipinski definition) is 7. The highest BCUT2D eigenvalue weighted by atomic mass is 16.6. The first-order valence-corrected chi connectivity index (χ1v) is 23.3. The van der Waals surface area contributed by atoms with E-state index in [2.05, 4.69) is 74.6 Å². The van der Waals surface area contributed by atoms with Crippen LogP contribution in [-0.4, -0.2) is 75.5 Å². The van der Waals surface area contributed by atoms with E-state index in [9.17, 15) is 19.5 Å². The molecule has 0 aromatic rings. The summed E-state index contributed by atoms with van der Waals surface area (Å²) in [4.78, 5) is 36.9. The lowest BCUT2D eigenvalue weighted by molar-refractivity contribution is -0.889. The lowest BCUT2D eigenvalue weighted by atomic mass is 10.1. The van der Waals surface area contributed by atoms with Crippen molar-refractivity contribution in [3.05, 3.63) is 60.8 Å². The van der Waals surface area contributed by atoms with Crippen LogP contribution in [0.3, 0.4) is 0 Å². The zero-order chi connectivity index (χ0) is 42.8. The van der Waals surface area contributed by atoms with Gasteiger partial charge in [0.25, 0.3) is 0 Å². The minimum Gasteiger partial charge on any atom is -0.544 e. The number of aliphatic carboxylic acids is 1. The molecule has 0 radical (unpaired) electrons. The Kier molecular flexibility index (Phi) is 38.7. The maximum Gasteiger partial charge on any atom is 0.306 e. The fourth-order valence-corrected chi connectivity index (χ4v) is 6.47. The molecule has 2 atom stereocenters. The minimum atomic E-state index is -1.13. The van der Waals surface area contributed by atoms with Crippen molar-refractivity contribution >= 4 is 17.9 Å². The molecule has 58 heavy (non-hydrogen) atoms. The van der Waals surface area contributed by atoms with Gasteiger partial charge in [0.1, 0.15) is 12.6 Å². The van der Waals surface area contributed by atoms with E-state index in [1.807, 2.05) is 0 Å². The molecular weight excluding hydrogens is 727 g/mol. The van der Waals surface area contributed by atoms with Gasteiger partial charge in [0.05, 0.1) is 40.3 Å². The molecule has 0 bridgehead atoms. The highest BCUT2D eigenvalue weighted by Gasteiger charge is 2.25. The van der Waals surface area contributed by atoms with Crippen molar-refractivity contribution in [2.75, 3.05) is 41.0 Å². The fraction of sp³-hybridized carbons (Fsp3) is 0.740. The van der Waals surface area contributed by atoms with Crippen LogP contribution in [0.25, 0.3) is 0 Å². The monoisotopic (exact) mass is 814 g/mol. The second-order valence-corrected chi connectivity index (χ2v) is 16.6. The molecule has 0 aliphatic heterocycles. The van der Waals surface area contributed by atoms with Crippen molar-refractivity contribution in [3.8, 4) is 0 Å². The highest BCUT2D eigenvalue weighted by molar-refractivity contribution is 5.70. The van der Waals surface area contributed by atoms with Crippen molar-refractivity contribution in [1.29, 1.82) is 0 Å². The summed E-state index contributed by atoms with van der Waals surface area (Å²) >= 11 is 0. The van der Waals surface area contributed by atoms with Gasteiger partial charge >= 0.3 is 11.9 Å². The van der Waals surface area contributed by atoms with Gasteiger partial charge in [0.15, 0.2) is 6.10 Å². The van der Waals surface area contributed by atoms with Crippen molar-refractivity contribution in [1.82, 2.24) is 0 Å². The predicted molar refractivity (Wildman–Crippen MR) is 240 cm³/mol. The third kappa shape index (κ3) is 38.5. The molecule has 0 aliphatic rings. The Morgan fingerprint density at radius 3 is 1.43 bits per heavy atom. The number of likely N-dealkylation sites (N-methyl/N-ethyl adjacent to an activating group) is 1. The summed E-state index contributed by atoms with van der Waals surface area (Å²) in [5.41, 5.74) is 0. The van der Waals surface area contributed by atoms with E-state index in [4.69, 9.17) is 14.2 Å². The number of rotatable bonds is 41. The summed E-state index contributed by atoms with van der Waals surface area (Å²) in [6.07, 6.45) is 49.6. The number of nitrogens with zero attached hydrogens (tertiary/aromatic N) is 1. The van der Waals surface area contributed by atoms with Crippen LogP contribution in [0.2, 0.25) is 0 Å². The third-order valence-corrected chi connectivity index (χ3v) is 10.1. The highest BCUT2D eigenvalue weighted by Crippen LogP contribution is 2.13. The molecule has 334 valence electrons. The minimum absolute atomic E-state index is 0.0199. The normalized spacial score (nSPS) is 13.5. The second-order valence-electron chi connectivity index (χ2n) is 16.6. The number of allylic oxidation sites excluding steroid dienone is 10. The van der Waals surface area contributed by atoms with Gasteiger partial charge in [-0.05, 0) is 77.0 Å². The quantitative estimate of drug-likeness (QED) is 0.0262. The van der Waals surface area contributed by atoms with Crippen molar-refractivity contribution < 1.29 is 38.2 Å². The van der Waals surface area contributed by atoms with Crippen LogP contribution < -0.4 is 5.11 Å². The van der Waals surface area contributed by atoms with Crippen LogP contribution in [0.1, 0.15) is 187 Å². The molecule has 0 saturated carbocycles. The Morgan fingerprint density at radius 1 is 0.517 bits per heavy atom. The fourth-order valence-electron chi connectivity index (χ4n) is 6.47. The lowest BCUT2D eigenvalue weighted by Gasteiger charge is -2.34. The SMILES string of the molecule is CCCCC/C=C/C/C=C/CCCCCCCCCC(=O)OC(COCCC(C(=O)[O-])[N+](C)(C)C)COC(=O)CCC/C=C/C/C=C/C/C=C/CCCCCCCC. The van der Waals surface area contributed by atoms with Gasteiger partial charge < -0.3 is 28.6 Å². The van der Waals surface area contributed by atoms with E-state index in [0.29, 0.717) is 12.8 Å². The molecule has 0 aliphatic carbocycles. The summed E-state index contributed by atoms with van der Waals surface area (Å²) in [5, 5.41) is 11.6. The smallest absolute Gasteiger partial charge is 0.306 e. The topological polar surface area (TPSA) is 102 Å². The van der Waals surface area contributed by atoms with E-state index >= 15 is 0 Å². The maximum absolute atomic E-state index is 12.7. The number of carboxylic acids is 1. The largest absolute Gasteiger partial charge is 0.544 e. The molecule has 0 fully saturated rings. The van der Waals surface area contributed by atoms with E-state index in [-0.39, 0.29) is 49.1 Å². The zero-order valence-corrected chi connectivity index (χ0v) is 37.9. The Labute approximate surface area is 356 Å². The number of unbranched alkanes of at least 4 members (excludes halogenated alkanes) is 17. The van der Waals surface area contributed by atoms with Gasteiger partial charge in [0.2, 0.25) is 0 Å². The standard InChI is InChI=1S/C50H87NO7/c1-6-8-10-12-14-16-18-20-22-24-26-28-30-32-34-36-38-40-48(52)57-45-46(44-56-43-42-47(50(54)55)51(3,4)5)58-49(53)41-39-37-35-33-31-29-27-25-23-21-19-17-15-13-11-9-7-2/h15,17,20-23,26,28,32,34,46-47H,6-14,16,18-19,24-25,27,29-31,33,35-45H2,1-5H3/b17-15+,22-20+,23-21+,28-26+,34-32+. The Morgan fingerprint density at radius 2 is 0.931 bits per heavy atom. The number of quaternary nitrogens is 1. The van der Waals surface area contributed by atoms with Crippen molar-refractivity contribution in [2.24, 2.45) is 0 Å². The predicted octanol–water partition coefficient (Wildman–Crippen LogP) is 11.6. The molecule has 0 saturated heterocycles. The first kappa shape index (κ1) is 55.0. The van der Waals surface area contributed by atoms with Gasteiger partial charge in [-0.1, -0.05) is 152 Å². The first-order valence-electron chi connectivity index (χ1n) is 23.3. The average Bonchev–Trinajstić information content (AvgIpc) is 3.18. The molecule has 0 N–H and O–H groups in total. The van der Waals surface area contributed by atoms with Crippen molar-refractivity contribution in [2.45, 2.75) is 199 Å². The maximum atomic E-state index is 12.7. The lowest BCUT2D eigenvalue weighted by Crippen LogP contribution is -2.55. The van der Waals surface area contributed by atoms with Crippen LogP contribution in [0, 0.1) is 0 Å². The number of ether oxygens (including phenoxy) is 3. The van der Waals surface area contributed by atoms with Gasteiger partial charge in [-0.15, -0.1) is 0 Å². The van der Waals surface area contributed by atoms with Crippen LogP contribution in [-0.2, 0) is 28.6 Å². The van der Waals surface area contributed by atoms with E-state index < -0.39 is 18.1 Å². The van der Waals surface area contributed by atoms with Crippen LogP contribution in [0.4, 0.5) is 0 Å².